The maximum absolute atomic E-state index is 13.5. The van der Waals surface area contributed by atoms with Crippen LogP contribution in [0.2, 0.25) is 0 Å². The normalized spacial score (nSPS) is 15.4. The fourth-order valence-corrected chi connectivity index (χ4v) is 5.73. The number of nitrogens with zero attached hydrogens (tertiary/aromatic N) is 4. The second kappa shape index (κ2) is 12.5. The van der Waals surface area contributed by atoms with Crippen LogP contribution in [0.1, 0.15) is 38.6 Å². The average molecular weight is 590 g/mol. The van der Waals surface area contributed by atoms with Crippen molar-refractivity contribution in [2.45, 2.75) is 38.8 Å². The number of carbonyl (C=O) groups excluding carboxylic acids is 2. The van der Waals surface area contributed by atoms with E-state index in [0.717, 1.165) is 63.3 Å². The minimum atomic E-state index is -0.671. The van der Waals surface area contributed by atoms with Crippen molar-refractivity contribution in [3.8, 4) is 22.4 Å². The van der Waals surface area contributed by atoms with Crippen molar-refractivity contribution in [1.29, 1.82) is 0 Å². The summed E-state index contributed by atoms with van der Waals surface area (Å²) in [4.78, 5) is 44.1. The van der Waals surface area contributed by atoms with Crippen molar-refractivity contribution in [3.05, 3.63) is 91.3 Å². The summed E-state index contributed by atoms with van der Waals surface area (Å²) in [7, 11) is 1.30. The smallest absolute Gasteiger partial charge is 0.407 e. The SMILES string of the molecule is COC(=O)NC(C(=O)N1CCCC1c1ncc(-c2ccc3cc(-c4cncnc4Nc4ccccc4)ccc3c2)[nH]1)C(C)C. The van der Waals surface area contributed by atoms with E-state index in [9.17, 15) is 9.59 Å². The topological polar surface area (TPSA) is 125 Å². The minimum absolute atomic E-state index is 0.0886. The first kappa shape index (κ1) is 28.9. The number of amides is 2. The van der Waals surface area contributed by atoms with Crippen LogP contribution >= 0.6 is 0 Å². The molecule has 1 saturated heterocycles. The van der Waals surface area contributed by atoms with E-state index in [1.165, 1.54) is 7.11 Å². The number of likely N-dealkylation sites (tertiary alicyclic amines) is 1. The van der Waals surface area contributed by atoms with Gasteiger partial charge in [0.25, 0.3) is 0 Å². The number of ether oxygens (including phenoxy) is 1. The molecule has 0 spiro atoms. The Morgan fingerprint density at radius 1 is 0.977 bits per heavy atom. The lowest BCUT2D eigenvalue weighted by Gasteiger charge is -2.30. The lowest BCUT2D eigenvalue weighted by atomic mass is 10.00. The molecule has 10 heteroatoms. The summed E-state index contributed by atoms with van der Waals surface area (Å²) >= 11 is 0. The summed E-state index contributed by atoms with van der Waals surface area (Å²) in [5, 5.41) is 8.27. The van der Waals surface area contributed by atoms with Gasteiger partial charge in [0.1, 0.15) is 24.0 Å². The Balaban J connectivity index is 1.22. The molecule has 0 saturated carbocycles. The number of methoxy groups -OCH3 is 1. The third-order valence-electron chi connectivity index (χ3n) is 8.05. The minimum Gasteiger partial charge on any atom is -0.453 e. The molecule has 0 aliphatic carbocycles. The van der Waals surface area contributed by atoms with E-state index in [4.69, 9.17) is 4.74 Å². The summed E-state index contributed by atoms with van der Waals surface area (Å²) in [5.74, 6) is 1.27. The largest absolute Gasteiger partial charge is 0.453 e. The van der Waals surface area contributed by atoms with Crippen LogP contribution in [-0.2, 0) is 9.53 Å². The second-order valence-electron chi connectivity index (χ2n) is 11.3. The molecule has 44 heavy (non-hydrogen) atoms. The molecule has 1 fully saturated rings. The van der Waals surface area contributed by atoms with Crippen LogP contribution in [0.25, 0.3) is 33.2 Å². The number of hydrogen-bond acceptors (Lipinski definition) is 7. The van der Waals surface area contributed by atoms with E-state index in [-0.39, 0.29) is 17.9 Å². The number of imidazole rings is 1. The Morgan fingerprint density at radius 3 is 2.48 bits per heavy atom. The van der Waals surface area contributed by atoms with E-state index >= 15 is 0 Å². The van der Waals surface area contributed by atoms with E-state index in [0.29, 0.717) is 6.54 Å². The Bertz CT molecular complexity index is 1790. The van der Waals surface area contributed by atoms with Gasteiger partial charge in [0.05, 0.1) is 25.0 Å². The van der Waals surface area contributed by atoms with E-state index < -0.39 is 12.1 Å². The number of H-pyrrole nitrogens is 1. The average Bonchev–Trinajstić information content (AvgIpc) is 3.74. The number of carbonyl (C=O) groups is 2. The van der Waals surface area contributed by atoms with Gasteiger partial charge in [0, 0.05) is 29.6 Å². The van der Waals surface area contributed by atoms with Gasteiger partial charge in [-0.2, -0.15) is 0 Å². The second-order valence-corrected chi connectivity index (χ2v) is 11.3. The van der Waals surface area contributed by atoms with Crippen LogP contribution in [0.3, 0.4) is 0 Å². The molecule has 2 amide bonds. The van der Waals surface area contributed by atoms with Crippen molar-refractivity contribution < 1.29 is 14.3 Å². The first-order valence-electron chi connectivity index (χ1n) is 14.8. The molecule has 1 aliphatic rings. The fraction of sp³-hybridized carbons (Fsp3) is 0.265. The highest BCUT2D eigenvalue weighted by molar-refractivity contribution is 5.92. The first-order valence-corrected chi connectivity index (χ1v) is 14.8. The molecule has 3 heterocycles. The highest BCUT2D eigenvalue weighted by Gasteiger charge is 2.37. The molecule has 6 rings (SSSR count). The van der Waals surface area contributed by atoms with Crippen molar-refractivity contribution in [2.75, 3.05) is 19.0 Å². The van der Waals surface area contributed by atoms with Crippen LogP contribution in [0.5, 0.6) is 0 Å². The van der Waals surface area contributed by atoms with Gasteiger partial charge in [-0.3, -0.25) is 4.79 Å². The van der Waals surface area contributed by atoms with Gasteiger partial charge in [-0.1, -0.05) is 56.3 Å². The molecule has 3 N–H and O–H groups in total. The monoisotopic (exact) mass is 589 g/mol. The quantitative estimate of drug-likeness (QED) is 0.189. The van der Waals surface area contributed by atoms with Crippen LogP contribution in [0.15, 0.2) is 85.5 Å². The number of fused-ring (bicyclic) bond motifs is 1. The van der Waals surface area contributed by atoms with Crippen LogP contribution in [0.4, 0.5) is 16.3 Å². The first-order chi connectivity index (χ1) is 21.4. The fourth-order valence-electron chi connectivity index (χ4n) is 5.73. The Hall–Kier alpha value is -5.25. The molecule has 2 aromatic heterocycles. The molecule has 2 atom stereocenters. The summed E-state index contributed by atoms with van der Waals surface area (Å²) in [6.07, 6.45) is 6.24. The van der Waals surface area contributed by atoms with Gasteiger partial charge in [0.15, 0.2) is 0 Å². The summed E-state index contributed by atoms with van der Waals surface area (Å²) in [6.45, 7) is 4.43. The number of rotatable bonds is 8. The number of nitrogens with one attached hydrogen (secondary N) is 3. The number of benzene rings is 3. The molecule has 0 bridgehead atoms. The Labute approximate surface area is 255 Å². The highest BCUT2D eigenvalue weighted by atomic mass is 16.5. The molecule has 1 aliphatic heterocycles. The van der Waals surface area contributed by atoms with Crippen LogP contribution in [0, 0.1) is 5.92 Å². The maximum Gasteiger partial charge on any atom is 0.407 e. The third kappa shape index (κ3) is 5.96. The number of alkyl carbamates (subject to hydrolysis) is 1. The molecule has 0 radical (unpaired) electrons. The van der Waals surface area contributed by atoms with Gasteiger partial charge in [0.2, 0.25) is 5.91 Å². The van der Waals surface area contributed by atoms with Gasteiger partial charge in [-0.25, -0.2) is 19.7 Å². The van der Waals surface area contributed by atoms with Crippen molar-refractivity contribution in [1.82, 2.24) is 30.2 Å². The highest BCUT2D eigenvalue weighted by Crippen LogP contribution is 2.34. The maximum atomic E-state index is 13.5. The standard InChI is InChI=1S/C34H35N7O3/c1-21(2)30(40-34(43)44-3)33(42)41-15-7-10-29(41)32-36-19-28(39-32)25-14-12-22-16-24(13-11-23(22)17-25)27-18-35-20-37-31(27)38-26-8-5-4-6-9-26/h4-6,8-9,11-14,16-21,29-30H,7,10,15H2,1-3H3,(H,36,39)(H,40,43)(H,35,37,38). The lowest BCUT2D eigenvalue weighted by Crippen LogP contribution is -2.51. The molecular weight excluding hydrogens is 554 g/mol. The van der Waals surface area contributed by atoms with E-state index in [1.807, 2.05) is 61.5 Å². The summed E-state index contributed by atoms with van der Waals surface area (Å²) in [5.41, 5.74) is 4.77. The summed E-state index contributed by atoms with van der Waals surface area (Å²) < 4.78 is 4.75. The van der Waals surface area contributed by atoms with Gasteiger partial charge < -0.3 is 25.3 Å². The molecule has 3 aromatic carbocycles. The Kier molecular flexibility index (Phi) is 8.23. The predicted octanol–water partition coefficient (Wildman–Crippen LogP) is 6.47. The zero-order chi connectivity index (χ0) is 30.6. The van der Waals surface area contributed by atoms with E-state index in [2.05, 4.69) is 67.0 Å². The molecule has 5 aromatic rings. The van der Waals surface area contributed by atoms with Gasteiger partial charge in [-0.05, 0) is 59.4 Å². The van der Waals surface area contributed by atoms with Crippen molar-refractivity contribution in [3.63, 3.8) is 0 Å². The number of para-hydroxylation sites is 1. The number of aromatic nitrogens is 4. The predicted molar refractivity (Wildman–Crippen MR) is 170 cm³/mol. The third-order valence-corrected chi connectivity index (χ3v) is 8.05. The van der Waals surface area contributed by atoms with Gasteiger partial charge >= 0.3 is 6.09 Å². The molecular formula is C34H35N7O3. The van der Waals surface area contributed by atoms with Crippen LogP contribution < -0.4 is 10.6 Å². The van der Waals surface area contributed by atoms with Crippen molar-refractivity contribution in [2.24, 2.45) is 5.92 Å². The molecule has 224 valence electrons. The molecule has 2 unspecified atom stereocenters. The van der Waals surface area contributed by atoms with E-state index in [1.54, 1.807) is 6.33 Å². The summed E-state index contributed by atoms with van der Waals surface area (Å²) in [6, 6.07) is 21.7. The number of aromatic amines is 1. The van der Waals surface area contributed by atoms with Crippen molar-refractivity contribution >= 4 is 34.3 Å². The van der Waals surface area contributed by atoms with Gasteiger partial charge in [-0.15, -0.1) is 0 Å². The Morgan fingerprint density at radius 2 is 1.73 bits per heavy atom. The molecule has 10 nitrogen and oxygen atoms in total. The zero-order valence-corrected chi connectivity index (χ0v) is 24.9. The lowest BCUT2D eigenvalue weighted by molar-refractivity contribution is -0.135. The number of hydrogen-bond donors (Lipinski definition) is 3. The number of anilines is 2. The zero-order valence-electron chi connectivity index (χ0n) is 24.9. The van der Waals surface area contributed by atoms with Crippen LogP contribution in [-0.4, -0.2) is 56.5 Å².